The Balaban J connectivity index is 2.15. The second kappa shape index (κ2) is 5.78. The van der Waals surface area contributed by atoms with Crippen LogP contribution in [0.15, 0.2) is 24.3 Å². The molecule has 4 nitrogen and oxygen atoms in total. The molecule has 0 unspecified atom stereocenters. The van der Waals surface area contributed by atoms with E-state index in [0.29, 0.717) is 18.0 Å². The summed E-state index contributed by atoms with van der Waals surface area (Å²) in [6, 6.07) is 10.5. The van der Waals surface area contributed by atoms with E-state index in [1.54, 1.807) is 0 Å². The summed E-state index contributed by atoms with van der Waals surface area (Å²) in [5.41, 5.74) is 11.7. The summed E-state index contributed by atoms with van der Waals surface area (Å²) < 4.78 is 5.46. The quantitative estimate of drug-likeness (QED) is 0.922. The first kappa shape index (κ1) is 14.6. The van der Waals surface area contributed by atoms with Crippen molar-refractivity contribution in [2.24, 2.45) is 0 Å². The number of nitrogens with two attached hydrogens (primary N) is 1. The van der Waals surface area contributed by atoms with Gasteiger partial charge >= 0.3 is 0 Å². The van der Waals surface area contributed by atoms with E-state index in [1.807, 2.05) is 6.07 Å². The van der Waals surface area contributed by atoms with Crippen molar-refractivity contribution in [1.82, 2.24) is 4.98 Å². The standard InChI is InChI=1S/C18H19N3O/c1-11-5-12(2)7-14(6-11)17-8-15(13-3-4-22-10-13)16(9-19)18(20)21-17/h5-8,13H,3-4,10H2,1-2H3,(H2,20,21)/t13-/m0/s1. The normalized spacial score (nSPS) is 17.4. The molecule has 1 aliphatic heterocycles. The predicted octanol–water partition coefficient (Wildman–Crippen LogP) is 3.32. The van der Waals surface area contributed by atoms with Gasteiger partial charge in [-0.2, -0.15) is 5.26 Å². The minimum atomic E-state index is 0.226. The van der Waals surface area contributed by atoms with Gasteiger partial charge in [-0.1, -0.05) is 17.2 Å². The predicted molar refractivity (Wildman–Crippen MR) is 86.5 cm³/mol. The molecule has 0 amide bonds. The number of benzene rings is 1. The van der Waals surface area contributed by atoms with Crippen LogP contribution in [0.4, 0.5) is 5.82 Å². The van der Waals surface area contributed by atoms with Crippen molar-refractivity contribution in [3.05, 3.63) is 46.5 Å². The Morgan fingerprint density at radius 1 is 1.23 bits per heavy atom. The van der Waals surface area contributed by atoms with Crippen molar-refractivity contribution < 1.29 is 4.74 Å². The van der Waals surface area contributed by atoms with E-state index in [0.717, 1.165) is 29.8 Å². The fraction of sp³-hybridized carbons (Fsp3) is 0.333. The Morgan fingerprint density at radius 3 is 2.55 bits per heavy atom. The number of hydrogen-bond donors (Lipinski definition) is 1. The zero-order valence-corrected chi connectivity index (χ0v) is 12.9. The lowest BCUT2D eigenvalue weighted by molar-refractivity contribution is 0.194. The van der Waals surface area contributed by atoms with Crippen LogP contribution in [0.3, 0.4) is 0 Å². The highest BCUT2D eigenvalue weighted by atomic mass is 16.5. The van der Waals surface area contributed by atoms with Crippen molar-refractivity contribution >= 4 is 5.82 Å². The maximum absolute atomic E-state index is 9.40. The van der Waals surface area contributed by atoms with Crippen LogP contribution in [-0.2, 0) is 4.74 Å². The summed E-state index contributed by atoms with van der Waals surface area (Å²) in [6.07, 6.45) is 0.921. The van der Waals surface area contributed by atoms with E-state index in [9.17, 15) is 5.26 Å². The second-order valence-corrected chi connectivity index (χ2v) is 5.91. The van der Waals surface area contributed by atoms with Crippen LogP contribution in [0.1, 0.15) is 34.6 Å². The molecular formula is C18H19N3O. The number of ether oxygens (including phenoxy) is 1. The summed E-state index contributed by atoms with van der Waals surface area (Å²) in [5.74, 6) is 0.533. The molecule has 1 aromatic carbocycles. The Bertz CT molecular complexity index is 735. The Labute approximate surface area is 130 Å². The maximum atomic E-state index is 9.40. The zero-order chi connectivity index (χ0) is 15.7. The average molecular weight is 293 g/mol. The monoisotopic (exact) mass is 293 g/mol. The molecule has 0 radical (unpaired) electrons. The molecule has 0 aliphatic carbocycles. The number of rotatable bonds is 2. The molecule has 3 rings (SSSR count). The molecule has 1 fully saturated rings. The number of aromatic nitrogens is 1. The molecule has 2 N–H and O–H groups in total. The zero-order valence-electron chi connectivity index (χ0n) is 12.9. The largest absolute Gasteiger partial charge is 0.383 e. The van der Waals surface area contributed by atoms with Crippen LogP contribution < -0.4 is 5.73 Å². The smallest absolute Gasteiger partial charge is 0.142 e. The van der Waals surface area contributed by atoms with Gasteiger partial charge in [-0.25, -0.2) is 4.98 Å². The number of pyridine rings is 1. The highest BCUT2D eigenvalue weighted by Crippen LogP contribution is 2.33. The van der Waals surface area contributed by atoms with Crippen LogP contribution in [0.25, 0.3) is 11.3 Å². The molecule has 2 aromatic rings. The molecule has 0 spiro atoms. The van der Waals surface area contributed by atoms with Gasteiger partial charge in [0.1, 0.15) is 11.9 Å². The second-order valence-electron chi connectivity index (χ2n) is 5.91. The van der Waals surface area contributed by atoms with E-state index in [2.05, 4.69) is 43.1 Å². The molecular weight excluding hydrogens is 274 g/mol. The molecule has 1 saturated heterocycles. The summed E-state index contributed by atoms with van der Waals surface area (Å²) in [4.78, 5) is 4.44. The molecule has 4 heteroatoms. The SMILES string of the molecule is Cc1cc(C)cc(-c2cc([C@H]3CCOC3)c(C#N)c(N)n2)c1. The summed E-state index contributed by atoms with van der Waals surface area (Å²) in [6.45, 7) is 5.51. The van der Waals surface area contributed by atoms with Gasteiger partial charge in [-0.05, 0) is 44.0 Å². The van der Waals surface area contributed by atoms with Gasteiger partial charge in [-0.15, -0.1) is 0 Å². The van der Waals surface area contributed by atoms with E-state index in [4.69, 9.17) is 10.5 Å². The van der Waals surface area contributed by atoms with Gasteiger partial charge < -0.3 is 10.5 Å². The van der Waals surface area contributed by atoms with E-state index in [1.165, 1.54) is 11.1 Å². The van der Waals surface area contributed by atoms with Gasteiger partial charge in [0.15, 0.2) is 0 Å². The first-order valence-corrected chi connectivity index (χ1v) is 7.45. The first-order valence-electron chi connectivity index (χ1n) is 7.45. The Morgan fingerprint density at radius 2 is 1.95 bits per heavy atom. The highest BCUT2D eigenvalue weighted by molar-refractivity contribution is 5.68. The number of nitrogen functional groups attached to an aromatic ring is 1. The Hall–Kier alpha value is -2.38. The molecule has 0 bridgehead atoms. The van der Waals surface area contributed by atoms with Gasteiger partial charge in [0, 0.05) is 18.1 Å². The minimum Gasteiger partial charge on any atom is -0.383 e. The summed E-state index contributed by atoms with van der Waals surface area (Å²) in [5, 5.41) is 9.40. The lowest BCUT2D eigenvalue weighted by Gasteiger charge is -2.14. The molecule has 1 atom stereocenters. The van der Waals surface area contributed by atoms with Crippen molar-refractivity contribution in [1.29, 1.82) is 5.26 Å². The first-order chi connectivity index (χ1) is 10.6. The van der Waals surface area contributed by atoms with Gasteiger partial charge in [0.25, 0.3) is 0 Å². The van der Waals surface area contributed by atoms with Gasteiger partial charge in [0.2, 0.25) is 0 Å². The Kier molecular flexibility index (Phi) is 3.82. The van der Waals surface area contributed by atoms with Crippen LogP contribution in [-0.4, -0.2) is 18.2 Å². The molecule has 1 aliphatic rings. The van der Waals surface area contributed by atoms with Crippen LogP contribution in [0.5, 0.6) is 0 Å². The number of aryl methyl sites for hydroxylation is 2. The number of nitriles is 1. The number of anilines is 1. The number of nitrogens with zero attached hydrogens (tertiary/aromatic N) is 2. The molecule has 2 heterocycles. The third kappa shape index (κ3) is 2.68. The average Bonchev–Trinajstić information content (AvgIpc) is 2.99. The highest BCUT2D eigenvalue weighted by Gasteiger charge is 2.23. The van der Waals surface area contributed by atoms with Crippen molar-refractivity contribution in [3.8, 4) is 17.3 Å². The molecule has 22 heavy (non-hydrogen) atoms. The van der Waals surface area contributed by atoms with E-state index >= 15 is 0 Å². The minimum absolute atomic E-state index is 0.226. The van der Waals surface area contributed by atoms with Crippen LogP contribution >= 0.6 is 0 Å². The van der Waals surface area contributed by atoms with Crippen molar-refractivity contribution in [3.63, 3.8) is 0 Å². The van der Waals surface area contributed by atoms with Crippen molar-refractivity contribution in [2.75, 3.05) is 18.9 Å². The lowest BCUT2D eigenvalue weighted by Crippen LogP contribution is -2.07. The van der Waals surface area contributed by atoms with E-state index < -0.39 is 0 Å². The van der Waals surface area contributed by atoms with Crippen LogP contribution in [0, 0.1) is 25.2 Å². The molecule has 0 saturated carbocycles. The van der Waals surface area contributed by atoms with Gasteiger partial charge in [0.05, 0.1) is 17.9 Å². The fourth-order valence-electron chi connectivity index (χ4n) is 3.08. The lowest BCUT2D eigenvalue weighted by atomic mass is 9.92. The number of hydrogen-bond acceptors (Lipinski definition) is 4. The molecule has 112 valence electrons. The topological polar surface area (TPSA) is 71.9 Å². The molecule has 1 aromatic heterocycles. The van der Waals surface area contributed by atoms with Crippen molar-refractivity contribution in [2.45, 2.75) is 26.2 Å². The van der Waals surface area contributed by atoms with Crippen LogP contribution in [0.2, 0.25) is 0 Å². The van der Waals surface area contributed by atoms with Gasteiger partial charge in [-0.3, -0.25) is 0 Å². The van der Waals surface area contributed by atoms with E-state index in [-0.39, 0.29) is 5.92 Å². The summed E-state index contributed by atoms with van der Waals surface area (Å²) in [7, 11) is 0. The summed E-state index contributed by atoms with van der Waals surface area (Å²) >= 11 is 0. The fourth-order valence-corrected chi connectivity index (χ4v) is 3.08. The maximum Gasteiger partial charge on any atom is 0.142 e. The third-order valence-corrected chi connectivity index (χ3v) is 4.08. The third-order valence-electron chi connectivity index (χ3n) is 4.08.